The molecule has 3 rings (SSSR count). The molecule has 2 N–H and O–H groups in total. The van der Waals surface area contributed by atoms with Crippen LogP contribution < -0.4 is 5.32 Å². The quantitative estimate of drug-likeness (QED) is 0.755. The van der Waals surface area contributed by atoms with Gasteiger partial charge in [-0.3, -0.25) is 0 Å². The van der Waals surface area contributed by atoms with Crippen LogP contribution in [0, 0.1) is 17.7 Å². The van der Waals surface area contributed by atoms with Gasteiger partial charge in [0.25, 0.3) is 0 Å². The van der Waals surface area contributed by atoms with Gasteiger partial charge in [0.05, 0.1) is 5.60 Å². The Morgan fingerprint density at radius 2 is 1.69 bits per heavy atom. The van der Waals surface area contributed by atoms with Gasteiger partial charge in [-0.05, 0) is 55.5 Å². The molecule has 1 aromatic rings. The van der Waals surface area contributed by atoms with E-state index in [1.165, 1.54) is 12.1 Å². The van der Waals surface area contributed by atoms with Crippen molar-refractivity contribution in [2.24, 2.45) is 11.8 Å². The largest absolute Gasteiger partial charge is 0.385 e. The number of hydrogen-bond acceptors (Lipinski definition) is 2. The molecule has 1 aliphatic carbocycles. The van der Waals surface area contributed by atoms with Gasteiger partial charge in [0, 0.05) is 0 Å². The maximum Gasteiger partial charge on any atom is 0.123 e. The highest BCUT2D eigenvalue weighted by atomic mass is 19.1. The minimum Gasteiger partial charge on any atom is -0.385 e. The Balaban J connectivity index is 1.86. The summed E-state index contributed by atoms with van der Waals surface area (Å²) in [6, 6.07) is 6.28. The number of rotatable bonds is 1. The van der Waals surface area contributed by atoms with Crippen LogP contribution in [-0.2, 0) is 5.60 Å². The second-order valence-electron chi connectivity index (χ2n) is 5.13. The minimum atomic E-state index is -0.731. The van der Waals surface area contributed by atoms with Crippen molar-refractivity contribution in [1.29, 1.82) is 0 Å². The van der Waals surface area contributed by atoms with E-state index in [4.69, 9.17) is 0 Å². The molecule has 1 aliphatic heterocycles. The van der Waals surface area contributed by atoms with Crippen LogP contribution in [0.1, 0.15) is 18.4 Å². The molecule has 2 unspecified atom stereocenters. The average Bonchev–Trinajstić information content (AvgIpc) is 2.77. The van der Waals surface area contributed by atoms with Gasteiger partial charge < -0.3 is 10.4 Å². The first-order valence-corrected chi connectivity index (χ1v) is 5.86. The summed E-state index contributed by atoms with van der Waals surface area (Å²) in [5.41, 5.74) is 0.133. The molecule has 1 saturated heterocycles. The molecular formula is C13H16FNO. The van der Waals surface area contributed by atoms with Crippen molar-refractivity contribution in [3.8, 4) is 0 Å². The fraction of sp³-hybridized carbons (Fsp3) is 0.538. The second kappa shape index (κ2) is 3.54. The Morgan fingerprint density at radius 3 is 2.25 bits per heavy atom. The smallest absolute Gasteiger partial charge is 0.123 e. The van der Waals surface area contributed by atoms with Gasteiger partial charge in [-0.25, -0.2) is 4.39 Å². The number of fused-ring (bicyclic) bond motifs is 1. The number of nitrogens with one attached hydrogen (secondary N) is 1. The summed E-state index contributed by atoms with van der Waals surface area (Å²) in [7, 11) is 0. The standard InChI is InChI=1S/C13H16FNO/c14-12-3-1-11(2-4-12)13(16)5-9-7-15-8-10(9)6-13/h1-4,9-10,15-16H,5-8H2. The lowest BCUT2D eigenvalue weighted by Gasteiger charge is -2.24. The lowest BCUT2D eigenvalue weighted by atomic mass is 9.90. The predicted molar refractivity (Wildman–Crippen MR) is 59.4 cm³/mol. The first-order chi connectivity index (χ1) is 7.67. The van der Waals surface area contributed by atoms with Crippen molar-refractivity contribution < 1.29 is 9.50 Å². The zero-order chi connectivity index (χ0) is 11.2. The lowest BCUT2D eigenvalue weighted by molar-refractivity contribution is 0.0358. The van der Waals surface area contributed by atoms with E-state index in [-0.39, 0.29) is 5.82 Å². The number of benzene rings is 1. The number of halogens is 1. The molecule has 2 atom stereocenters. The van der Waals surface area contributed by atoms with Crippen LogP contribution in [0.25, 0.3) is 0 Å². The zero-order valence-electron chi connectivity index (χ0n) is 9.12. The van der Waals surface area contributed by atoms with Gasteiger partial charge >= 0.3 is 0 Å². The summed E-state index contributed by atoms with van der Waals surface area (Å²) in [5.74, 6) is 0.914. The lowest BCUT2D eigenvalue weighted by Crippen LogP contribution is -2.25. The van der Waals surface area contributed by atoms with Crippen molar-refractivity contribution >= 4 is 0 Å². The van der Waals surface area contributed by atoms with Crippen LogP contribution in [0.4, 0.5) is 4.39 Å². The minimum absolute atomic E-state index is 0.243. The van der Waals surface area contributed by atoms with Crippen molar-refractivity contribution in [2.75, 3.05) is 13.1 Å². The van der Waals surface area contributed by atoms with Gasteiger partial charge in [-0.1, -0.05) is 12.1 Å². The van der Waals surface area contributed by atoms with Crippen LogP contribution in [0.2, 0.25) is 0 Å². The van der Waals surface area contributed by atoms with E-state index < -0.39 is 5.60 Å². The molecule has 1 saturated carbocycles. The molecule has 1 heterocycles. The second-order valence-corrected chi connectivity index (χ2v) is 5.13. The van der Waals surface area contributed by atoms with Crippen LogP contribution in [-0.4, -0.2) is 18.2 Å². The van der Waals surface area contributed by atoms with Crippen LogP contribution in [0.3, 0.4) is 0 Å². The van der Waals surface area contributed by atoms with Crippen LogP contribution in [0.5, 0.6) is 0 Å². The number of aliphatic hydroxyl groups is 1. The molecule has 2 fully saturated rings. The highest BCUT2D eigenvalue weighted by Crippen LogP contribution is 2.46. The average molecular weight is 221 g/mol. The molecule has 2 nitrogen and oxygen atoms in total. The monoisotopic (exact) mass is 221 g/mol. The van der Waals surface area contributed by atoms with E-state index in [1.54, 1.807) is 12.1 Å². The SMILES string of the molecule is OC1(c2ccc(F)cc2)CC2CNCC2C1. The zero-order valence-corrected chi connectivity index (χ0v) is 9.12. The Bertz CT molecular complexity index is 377. The summed E-state index contributed by atoms with van der Waals surface area (Å²) in [6.45, 7) is 2.02. The summed E-state index contributed by atoms with van der Waals surface area (Å²) < 4.78 is 12.8. The van der Waals surface area contributed by atoms with Crippen LogP contribution in [0.15, 0.2) is 24.3 Å². The molecule has 0 amide bonds. The van der Waals surface area contributed by atoms with E-state index in [0.29, 0.717) is 11.8 Å². The van der Waals surface area contributed by atoms with E-state index >= 15 is 0 Å². The molecule has 0 aromatic heterocycles. The number of hydrogen-bond donors (Lipinski definition) is 2. The van der Waals surface area contributed by atoms with Gasteiger partial charge in [0.2, 0.25) is 0 Å². The van der Waals surface area contributed by atoms with E-state index in [9.17, 15) is 9.50 Å². The van der Waals surface area contributed by atoms with E-state index in [0.717, 1.165) is 31.5 Å². The molecule has 2 aliphatic rings. The molecule has 0 spiro atoms. The third-order valence-corrected chi connectivity index (χ3v) is 4.06. The first-order valence-electron chi connectivity index (χ1n) is 5.86. The topological polar surface area (TPSA) is 32.3 Å². The fourth-order valence-corrected chi connectivity index (χ4v) is 3.21. The summed E-state index contributed by atoms with van der Waals surface area (Å²) in [6.07, 6.45) is 1.60. The van der Waals surface area contributed by atoms with Gasteiger partial charge in [-0.15, -0.1) is 0 Å². The Morgan fingerprint density at radius 1 is 1.12 bits per heavy atom. The molecular weight excluding hydrogens is 205 g/mol. The molecule has 1 aromatic carbocycles. The van der Waals surface area contributed by atoms with Crippen molar-refractivity contribution in [3.63, 3.8) is 0 Å². The highest BCUT2D eigenvalue weighted by Gasteiger charge is 2.46. The van der Waals surface area contributed by atoms with Crippen molar-refractivity contribution in [1.82, 2.24) is 5.32 Å². The maximum absolute atomic E-state index is 12.8. The van der Waals surface area contributed by atoms with Crippen molar-refractivity contribution in [3.05, 3.63) is 35.6 Å². The molecule has 86 valence electrons. The fourth-order valence-electron chi connectivity index (χ4n) is 3.21. The molecule has 0 radical (unpaired) electrons. The molecule has 3 heteroatoms. The Hall–Kier alpha value is -0.930. The van der Waals surface area contributed by atoms with E-state index in [2.05, 4.69) is 5.32 Å². The third-order valence-electron chi connectivity index (χ3n) is 4.06. The van der Waals surface area contributed by atoms with Crippen LogP contribution >= 0.6 is 0 Å². The van der Waals surface area contributed by atoms with Gasteiger partial charge in [-0.2, -0.15) is 0 Å². The molecule has 16 heavy (non-hydrogen) atoms. The van der Waals surface area contributed by atoms with Gasteiger partial charge in [0.15, 0.2) is 0 Å². The predicted octanol–water partition coefficient (Wildman–Crippen LogP) is 1.64. The normalized spacial score (nSPS) is 37.6. The highest BCUT2D eigenvalue weighted by molar-refractivity contribution is 5.25. The third kappa shape index (κ3) is 1.55. The summed E-state index contributed by atoms with van der Waals surface area (Å²) >= 11 is 0. The van der Waals surface area contributed by atoms with Gasteiger partial charge in [0.1, 0.15) is 5.82 Å². The summed E-state index contributed by atoms with van der Waals surface area (Å²) in [5, 5.41) is 14.0. The Kier molecular flexibility index (Phi) is 2.26. The van der Waals surface area contributed by atoms with Crippen molar-refractivity contribution in [2.45, 2.75) is 18.4 Å². The summed E-state index contributed by atoms with van der Waals surface area (Å²) in [4.78, 5) is 0. The Labute approximate surface area is 94.5 Å². The molecule has 0 bridgehead atoms. The maximum atomic E-state index is 12.8. The van der Waals surface area contributed by atoms with E-state index in [1.807, 2.05) is 0 Å². The first kappa shape index (κ1) is 10.2.